The Bertz CT molecular complexity index is 1070. The average molecular weight is 469 g/mol. The predicted octanol–water partition coefficient (Wildman–Crippen LogP) is 3.78. The maximum Gasteiger partial charge on any atom is 0.416 e. The molecule has 0 spiro atoms. The van der Waals surface area contributed by atoms with Gasteiger partial charge < -0.3 is 4.90 Å². The van der Waals surface area contributed by atoms with Gasteiger partial charge in [-0.15, -0.1) is 0 Å². The molecule has 162 valence electrons. The minimum Gasteiger partial charge on any atom is -0.336 e. The number of carbonyl (C=O) groups is 1. The molecule has 0 saturated carbocycles. The Morgan fingerprint density at radius 2 is 1.47 bits per heavy atom. The highest BCUT2D eigenvalue weighted by molar-refractivity contribution is 7.89. The van der Waals surface area contributed by atoms with Crippen molar-refractivity contribution in [2.45, 2.75) is 11.1 Å². The minimum absolute atomic E-state index is 0.0615. The molecule has 1 aliphatic rings. The van der Waals surface area contributed by atoms with Crippen LogP contribution in [0.1, 0.15) is 15.9 Å². The smallest absolute Gasteiger partial charge is 0.336 e. The molecule has 1 saturated heterocycles. The third-order valence-electron chi connectivity index (χ3n) is 4.59. The van der Waals surface area contributed by atoms with E-state index in [4.69, 9.17) is 11.6 Å². The number of rotatable bonds is 3. The van der Waals surface area contributed by atoms with Crippen molar-refractivity contribution in [2.75, 3.05) is 26.2 Å². The third kappa shape index (κ3) is 4.42. The molecule has 2 aromatic rings. The van der Waals surface area contributed by atoms with Gasteiger partial charge in [-0.3, -0.25) is 4.79 Å². The van der Waals surface area contributed by atoms with Crippen molar-refractivity contribution in [3.8, 4) is 0 Å². The van der Waals surface area contributed by atoms with Gasteiger partial charge in [0.15, 0.2) is 11.6 Å². The summed E-state index contributed by atoms with van der Waals surface area (Å²) in [5, 5.41) is -0.279. The standard InChI is InChI=1S/C18H14ClF5N2O3S/c19-14-10-16(21)15(20)9-13(14)17(27)25-5-7-26(8-6-25)30(28,29)12-3-1-11(2-4-12)18(22,23)24/h1-4,9-10H,5-8H2. The molecular formula is C18H14ClF5N2O3S. The molecule has 5 nitrogen and oxygen atoms in total. The second-order valence-electron chi connectivity index (χ2n) is 6.46. The Labute approximate surface area is 173 Å². The molecule has 0 bridgehead atoms. The summed E-state index contributed by atoms with van der Waals surface area (Å²) >= 11 is 5.80. The lowest BCUT2D eigenvalue weighted by Crippen LogP contribution is -2.50. The summed E-state index contributed by atoms with van der Waals surface area (Å²) in [6.45, 7) is -0.380. The van der Waals surface area contributed by atoms with Crippen LogP contribution in [0.5, 0.6) is 0 Å². The zero-order chi connectivity index (χ0) is 22.3. The van der Waals surface area contributed by atoms with Crippen LogP contribution in [0.2, 0.25) is 5.02 Å². The van der Waals surface area contributed by atoms with Crippen molar-refractivity contribution in [1.29, 1.82) is 0 Å². The highest BCUT2D eigenvalue weighted by Crippen LogP contribution is 2.30. The molecule has 0 atom stereocenters. The van der Waals surface area contributed by atoms with Crippen molar-refractivity contribution in [1.82, 2.24) is 9.21 Å². The lowest BCUT2D eigenvalue weighted by atomic mass is 10.1. The van der Waals surface area contributed by atoms with Gasteiger partial charge in [0.05, 0.1) is 21.0 Å². The fourth-order valence-electron chi connectivity index (χ4n) is 2.95. The van der Waals surface area contributed by atoms with Gasteiger partial charge in [-0.2, -0.15) is 17.5 Å². The van der Waals surface area contributed by atoms with E-state index in [-0.39, 0.29) is 41.7 Å². The fraction of sp³-hybridized carbons (Fsp3) is 0.278. The highest BCUT2D eigenvalue weighted by Gasteiger charge is 2.33. The van der Waals surface area contributed by atoms with Gasteiger partial charge in [0.1, 0.15) is 0 Å². The maximum absolute atomic E-state index is 13.4. The van der Waals surface area contributed by atoms with Crippen LogP contribution in [-0.2, 0) is 16.2 Å². The number of sulfonamides is 1. The van der Waals surface area contributed by atoms with Crippen LogP contribution >= 0.6 is 11.6 Å². The van der Waals surface area contributed by atoms with Crippen molar-refractivity contribution in [2.24, 2.45) is 0 Å². The van der Waals surface area contributed by atoms with Gasteiger partial charge in [0.2, 0.25) is 10.0 Å². The van der Waals surface area contributed by atoms with Crippen molar-refractivity contribution < 1.29 is 35.2 Å². The lowest BCUT2D eigenvalue weighted by Gasteiger charge is -2.34. The van der Waals surface area contributed by atoms with Gasteiger partial charge in [0, 0.05) is 26.2 Å². The summed E-state index contributed by atoms with van der Waals surface area (Å²) in [4.78, 5) is 13.4. The highest BCUT2D eigenvalue weighted by atomic mass is 35.5. The Morgan fingerprint density at radius 1 is 0.933 bits per heavy atom. The number of halogens is 6. The minimum atomic E-state index is -4.59. The fourth-order valence-corrected chi connectivity index (χ4v) is 4.61. The summed E-state index contributed by atoms with van der Waals surface area (Å²) in [6, 6.07) is 4.45. The Morgan fingerprint density at radius 3 is 2.00 bits per heavy atom. The Kier molecular flexibility index (Phi) is 6.08. The predicted molar refractivity (Wildman–Crippen MR) is 97.5 cm³/mol. The van der Waals surface area contributed by atoms with Gasteiger partial charge in [-0.25, -0.2) is 17.2 Å². The van der Waals surface area contributed by atoms with E-state index in [2.05, 4.69) is 0 Å². The first-order chi connectivity index (χ1) is 13.9. The first-order valence-electron chi connectivity index (χ1n) is 8.52. The number of nitrogens with zero attached hydrogens (tertiary/aromatic N) is 2. The first kappa shape index (κ1) is 22.4. The van der Waals surface area contributed by atoms with E-state index in [1.165, 1.54) is 4.90 Å². The third-order valence-corrected chi connectivity index (χ3v) is 6.81. The Balaban J connectivity index is 1.72. The van der Waals surface area contributed by atoms with Gasteiger partial charge in [0.25, 0.3) is 5.91 Å². The van der Waals surface area contributed by atoms with Crippen molar-refractivity contribution in [3.05, 3.63) is 64.2 Å². The molecule has 0 aromatic heterocycles. The lowest BCUT2D eigenvalue weighted by molar-refractivity contribution is -0.137. The average Bonchev–Trinajstić information content (AvgIpc) is 2.70. The van der Waals surface area contributed by atoms with Crippen LogP contribution in [-0.4, -0.2) is 49.7 Å². The molecule has 30 heavy (non-hydrogen) atoms. The molecule has 2 aromatic carbocycles. The Hall–Kier alpha value is -2.24. The number of amides is 1. The SMILES string of the molecule is O=C(c1cc(F)c(F)cc1Cl)N1CCN(S(=O)(=O)c2ccc(C(F)(F)F)cc2)CC1. The molecule has 3 rings (SSSR count). The second-order valence-corrected chi connectivity index (χ2v) is 8.81. The molecule has 1 amide bonds. The monoisotopic (exact) mass is 468 g/mol. The summed E-state index contributed by atoms with van der Waals surface area (Å²) in [7, 11) is -4.07. The van der Waals surface area contributed by atoms with E-state index < -0.39 is 39.3 Å². The number of carbonyl (C=O) groups excluding carboxylic acids is 1. The van der Waals surface area contributed by atoms with E-state index in [9.17, 15) is 35.2 Å². The molecule has 0 unspecified atom stereocenters. The topological polar surface area (TPSA) is 57.7 Å². The zero-order valence-corrected chi connectivity index (χ0v) is 16.7. The van der Waals surface area contributed by atoms with Crippen LogP contribution in [0.15, 0.2) is 41.3 Å². The summed E-state index contributed by atoms with van der Waals surface area (Å²) < 4.78 is 90.9. The van der Waals surface area contributed by atoms with E-state index in [0.29, 0.717) is 24.3 Å². The molecule has 0 aliphatic carbocycles. The van der Waals surface area contributed by atoms with Crippen LogP contribution in [0.4, 0.5) is 22.0 Å². The van der Waals surface area contributed by atoms with Crippen LogP contribution < -0.4 is 0 Å². The van der Waals surface area contributed by atoms with Gasteiger partial charge >= 0.3 is 6.18 Å². The zero-order valence-electron chi connectivity index (χ0n) is 15.1. The van der Waals surface area contributed by atoms with E-state index in [1.54, 1.807) is 0 Å². The number of hydrogen-bond acceptors (Lipinski definition) is 3. The number of piperazine rings is 1. The van der Waals surface area contributed by atoms with E-state index in [1.807, 2.05) is 0 Å². The molecular weight excluding hydrogens is 455 g/mol. The van der Waals surface area contributed by atoms with Crippen LogP contribution in [0, 0.1) is 11.6 Å². The molecule has 0 radical (unpaired) electrons. The van der Waals surface area contributed by atoms with E-state index in [0.717, 1.165) is 16.4 Å². The summed E-state index contributed by atoms with van der Waals surface area (Å²) in [6.07, 6.45) is -4.59. The molecule has 1 heterocycles. The van der Waals surface area contributed by atoms with Gasteiger partial charge in [-0.05, 0) is 36.4 Å². The van der Waals surface area contributed by atoms with Crippen molar-refractivity contribution in [3.63, 3.8) is 0 Å². The van der Waals surface area contributed by atoms with Crippen molar-refractivity contribution >= 4 is 27.5 Å². The largest absolute Gasteiger partial charge is 0.416 e. The molecule has 12 heteroatoms. The molecule has 1 fully saturated rings. The number of benzene rings is 2. The first-order valence-corrected chi connectivity index (χ1v) is 10.3. The summed E-state index contributed by atoms with van der Waals surface area (Å²) in [5.74, 6) is -3.14. The number of hydrogen-bond donors (Lipinski definition) is 0. The van der Waals surface area contributed by atoms with Crippen LogP contribution in [0.3, 0.4) is 0 Å². The van der Waals surface area contributed by atoms with Gasteiger partial charge in [-0.1, -0.05) is 11.6 Å². The maximum atomic E-state index is 13.4. The normalized spacial score (nSPS) is 16.0. The van der Waals surface area contributed by atoms with Crippen LogP contribution in [0.25, 0.3) is 0 Å². The quantitative estimate of drug-likeness (QED) is 0.509. The molecule has 0 N–H and O–H groups in total. The van der Waals surface area contributed by atoms with E-state index >= 15 is 0 Å². The summed E-state index contributed by atoms with van der Waals surface area (Å²) in [5.41, 5.74) is -1.23. The second kappa shape index (κ2) is 8.12. The molecule has 1 aliphatic heterocycles. The number of alkyl halides is 3.